The van der Waals surface area contributed by atoms with Crippen molar-refractivity contribution in [1.29, 1.82) is 0 Å². The molecule has 13 heteroatoms. The highest BCUT2D eigenvalue weighted by atomic mass is 35.5. The van der Waals surface area contributed by atoms with Gasteiger partial charge in [0.15, 0.2) is 0 Å². The fourth-order valence-electron chi connectivity index (χ4n) is 3.52. The van der Waals surface area contributed by atoms with Crippen LogP contribution < -0.4 is 9.62 Å². The number of anilines is 1. The molecule has 0 aliphatic carbocycles. The maximum Gasteiger partial charge on any atom is 0.417 e. The van der Waals surface area contributed by atoms with Gasteiger partial charge in [-0.1, -0.05) is 48.3 Å². The van der Waals surface area contributed by atoms with Crippen molar-refractivity contribution in [2.24, 2.45) is 0 Å². The summed E-state index contributed by atoms with van der Waals surface area (Å²) in [6.07, 6.45) is -3.89. The van der Waals surface area contributed by atoms with Gasteiger partial charge < -0.3 is 10.2 Å². The van der Waals surface area contributed by atoms with Gasteiger partial charge in [-0.25, -0.2) is 8.42 Å². The number of likely N-dealkylation sites (N-methyl/N-ethyl adjacent to an activating group) is 1. The molecule has 2 aromatic rings. The lowest BCUT2D eigenvalue weighted by Crippen LogP contribution is -2.52. The predicted molar refractivity (Wildman–Crippen MR) is 133 cm³/mol. The predicted octanol–water partition coefficient (Wildman–Crippen LogP) is 4.72. The Morgan fingerprint density at radius 2 is 1.69 bits per heavy atom. The number of alkyl halides is 3. The van der Waals surface area contributed by atoms with E-state index in [9.17, 15) is 31.2 Å². The molecular formula is C23H26Cl2F3N3O4S. The first-order chi connectivity index (χ1) is 16.7. The van der Waals surface area contributed by atoms with Crippen molar-refractivity contribution in [3.63, 3.8) is 0 Å². The molecule has 2 amide bonds. The largest absolute Gasteiger partial charge is 0.417 e. The lowest BCUT2D eigenvalue weighted by atomic mass is 10.1. The second kappa shape index (κ2) is 12.2. The molecule has 0 heterocycles. The number of benzene rings is 2. The van der Waals surface area contributed by atoms with Crippen LogP contribution in [0.25, 0.3) is 0 Å². The van der Waals surface area contributed by atoms with Crippen molar-refractivity contribution < 1.29 is 31.2 Å². The number of carbonyl (C=O) groups is 2. The average molecular weight is 568 g/mol. The van der Waals surface area contributed by atoms with Crippen LogP contribution in [0.3, 0.4) is 0 Å². The van der Waals surface area contributed by atoms with Gasteiger partial charge in [-0.05, 0) is 43.2 Å². The van der Waals surface area contributed by atoms with Gasteiger partial charge in [-0.3, -0.25) is 13.9 Å². The zero-order valence-corrected chi connectivity index (χ0v) is 22.1. The summed E-state index contributed by atoms with van der Waals surface area (Å²) in [4.78, 5) is 27.4. The molecule has 2 rings (SSSR count). The number of nitrogens with one attached hydrogen (secondary N) is 1. The first-order valence-corrected chi connectivity index (χ1v) is 13.5. The van der Waals surface area contributed by atoms with Crippen LogP contribution in [0, 0.1) is 0 Å². The van der Waals surface area contributed by atoms with E-state index in [0.717, 1.165) is 18.4 Å². The summed E-state index contributed by atoms with van der Waals surface area (Å²) < 4.78 is 65.8. The number of amides is 2. The Labute approximate surface area is 218 Å². The molecule has 0 bridgehead atoms. The third-order valence-corrected chi connectivity index (χ3v) is 7.10. The fourth-order valence-corrected chi connectivity index (χ4v) is 4.78. The molecule has 2 aromatic carbocycles. The molecule has 1 atom stereocenters. The van der Waals surface area contributed by atoms with Gasteiger partial charge in [0.1, 0.15) is 12.6 Å². The van der Waals surface area contributed by atoms with E-state index in [1.807, 2.05) is 0 Å². The second-order valence-electron chi connectivity index (χ2n) is 7.86. The SMILES string of the molecule is CCNC(=O)[C@H](CC)N(Cc1ccccc1Cl)C(=O)CN(c1ccc(Cl)c(C(F)(F)F)c1)S(C)(=O)=O. The molecule has 7 nitrogen and oxygen atoms in total. The third kappa shape index (κ3) is 7.50. The van der Waals surface area contributed by atoms with Crippen molar-refractivity contribution in [3.8, 4) is 0 Å². The van der Waals surface area contributed by atoms with E-state index in [-0.39, 0.29) is 13.0 Å². The zero-order chi connectivity index (χ0) is 27.3. The van der Waals surface area contributed by atoms with Crippen molar-refractivity contribution >= 4 is 50.7 Å². The van der Waals surface area contributed by atoms with Crippen LogP contribution in [0.1, 0.15) is 31.4 Å². The Morgan fingerprint density at radius 1 is 1.06 bits per heavy atom. The summed E-state index contributed by atoms with van der Waals surface area (Å²) >= 11 is 11.9. The summed E-state index contributed by atoms with van der Waals surface area (Å²) in [6, 6.07) is 8.19. The van der Waals surface area contributed by atoms with Gasteiger partial charge in [-0.15, -0.1) is 0 Å². The highest BCUT2D eigenvalue weighted by Gasteiger charge is 2.36. The van der Waals surface area contributed by atoms with Gasteiger partial charge in [0.25, 0.3) is 0 Å². The first-order valence-electron chi connectivity index (χ1n) is 10.9. The van der Waals surface area contributed by atoms with Gasteiger partial charge in [0.05, 0.1) is 22.5 Å². The average Bonchev–Trinajstić information content (AvgIpc) is 2.77. The monoisotopic (exact) mass is 567 g/mol. The van der Waals surface area contributed by atoms with Crippen molar-refractivity contribution in [2.75, 3.05) is 23.7 Å². The van der Waals surface area contributed by atoms with E-state index >= 15 is 0 Å². The zero-order valence-electron chi connectivity index (χ0n) is 19.8. The summed E-state index contributed by atoms with van der Waals surface area (Å²) in [5.41, 5.74) is -1.14. The van der Waals surface area contributed by atoms with E-state index in [4.69, 9.17) is 23.2 Å². The van der Waals surface area contributed by atoms with Crippen LogP contribution in [-0.4, -0.2) is 50.5 Å². The summed E-state index contributed by atoms with van der Waals surface area (Å²) in [7, 11) is -4.22. The number of rotatable bonds is 10. The highest BCUT2D eigenvalue weighted by molar-refractivity contribution is 7.92. The molecule has 0 fully saturated rings. The molecule has 198 valence electrons. The molecule has 0 saturated carbocycles. The maximum atomic E-state index is 13.5. The smallest absolute Gasteiger partial charge is 0.355 e. The standard InChI is InChI=1S/C23H26Cl2F3N3O4S/c1-4-20(22(33)29-5-2)30(13-15-8-6-7-9-18(15)24)21(32)14-31(36(3,34)35)16-10-11-19(25)17(12-16)23(26,27)28/h6-12,20H,4-5,13-14H2,1-3H3,(H,29,33)/t20-/m0/s1. The molecule has 1 N–H and O–H groups in total. The normalized spacial score (nSPS) is 12.7. The minimum Gasteiger partial charge on any atom is -0.355 e. The number of nitrogens with zero attached hydrogens (tertiary/aromatic N) is 2. The van der Waals surface area contributed by atoms with Crippen LogP contribution in [0.15, 0.2) is 42.5 Å². The first kappa shape index (κ1) is 29.7. The van der Waals surface area contributed by atoms with Gasteiger partial charge >= 0.3 is 6.18 Å². The van der Waals surface area contributed by atoms with Crippen molar-refractivity contribution in [2.45, 2.75) is 39.0 Å². The van der Waals surface area contributed by atoms with E-state index < -0.39 is 56.9 Å². The molecule has 0 aliphatic heterocycles. The molecule has 0 spiro atoms. The van der Waals surface area contributed by atoms with E-state index in [1.165, 1.54) is 4.90 Å². The van der Waals surface area contributed by atoms with Crippen LogP contribution >= 0.6 is 23.2 Å². The number of carbonyl (C=O) groups excluding carboxylic acids is 2. The lowest BCUT2D eigenvalue weighted by Gasteiger charge is -2.33. The summed E-state index contributed by atoms with van der Waals surface area (Å²) in [6.45, 7) is 2.70. The Hall–Kier alpha value is -2.50. The van der Waals surface area contributed by atoms with E-state index in [2.05, 4.69) is 5.32 Å². The summed E-state index contributed by atoms with van der Waals surface area (Å²) in [5.74, 6) is -1.26. The van der Waals surface area contributed by atoms with E-state index in [1.54, 1.807) is 38.1 Å². The quantitative estimate of drug-likeness (QED) is 0.450. The Bertz CT molecular complexity index is 1210. The molecule has 36 heavy (non-hydrogen) atoms. The topological polar surface area (TPSA) is 86.8 Å². The number of hydrogen-bond donors (Lipinski definition) is 1. The van der Waals surface area contributed by atoms with Gasteiger partial charge in [-0.2, -0.15) is 13.2 Å². The molecule has 0 aliphatic rings. The third-order valence-electron chi connectivity index (χ3n) is 5.26. The van der Waals surface area contributed by atoms with Crippen LogP contribution in [0.5, 0.6) is 0 Å². The van der Waals surface area contributed by atoms with Crippen molar-refractivity contribution in [1.82, 2.24) is 10.2 Å². The van der Waals surface area contributed by atoms with Gasteiger partial charge in [0, 0.05) is 18.1 Å². The fraction of sp³-hybridized carbons (Fsp3) is 0.391. The molecular weight excluding hydrogens is 542 g/mol. The molecule has 0 unspecified atom stereocenters. The lowest BCUT2D eigenvalue weighted by molar-refractivity contribution is -0.140. The molecule has 0 saturated heterocycles. The number of hydrogen-bond acceptors (Lipinski definition) is 4. The highest BCUT2D eigenvalue weighted by Crippen LogP contribution is 2.37. The van der Waals surface area contributed by atoms with Crippen LogP contribution in [0.2, 0.25) is 10.0 Å². The minimum absolute atomic E-state index is 0.125. The molecule has 0 radical (unpaired) electrons. The van der Waals surface area contributed by atoms with Crippen molar-refractivity contribution in [3.05, 3.63) is 63.6 Å². The Morgan fingerprint density at radius 3 is 2.22 bits per heavy atom. The Balaban J connectivity index is 2.53. The van der Waals surface area contributed by atoms with E-state index in [0.29, 0.717) is 27.5 Å². The number of halogens is 5. The summed E-state index contributed by atoms with van der Waals surface area (Å²) in [5, 5.41) is 2.35. The maximum absolute atomic E-state index is 13.5. The van der Waals surface area contributed by atoms with Crippen LogP contribution in [-0.2, 0) is 32.3 Å². The second-order valence-corrected chi connectivity index (χ2v) is 10.6. The van der Waals surface area contributed by atoms with Gasteiger partial charge in [0.2, 0.25) is 21.8 Å². The molecule has 0 aromatic heterocycles. The Kier molecular flexibility index (Phi) is 10.0. The van der Waals surface area contributed by atoms with Crippen LogP contribution in [0.4, 0.5) is 18.9 Å². The minimum atomic E-state index is -4.85. The number of sulfonamides is 1.